The van der Waals surface area contributed by atoms with Gasteiger partial charge in [0.15, 0.2) is 0 Å². The zero-order chi connectivity index (χ0) is 15.2. The maximum absolute atomic E-state index is 11.9. The fourth-order valence-corrected chi connectivity index (χ4v) is 1.89. The Hall–Kier alpha value is -2.82. The monoisotopic (exact) mass is 284 g/mol. The number of phenolic OH excluding ortho intramolecular Hbond substituents is 1. The molecule has 3 N–H and O–H groups in total. The minimum absolute atomic E-state index is 0.103. The van der Waals surface area contributed by atoms with Gasteiger partial charge in [-0.1, -0.05) is 35.5 Å². The molecule has 0 heterocycles. The molecule has 0 aliphatic carbocycles. The van der Waals surface area contributed by atoms with E-state index in [2.05, 4.69) is 10.5 Å². The number of hydrogen-bond donors (Lipinski definition) is 3. The topological polar surface area (TPSA) is 81.9 Å². The van der Waals surface area contributed by atoms with Crippen molar-refractivity contribution >= 4 is 17.3 Å². The molecule has 0 bridgehead atoms. The van der Waals surface area contributed by atoms with Gasteiger partial charge < -0.3 is 15.6 Å². The van der Waals surface area contributed by atoms with E-state index in [1.807, 2.05) is 0 Å². The van der Waals surface area contributed by atoms with E-state index < -0.39 is 0 Å². The first-order chi connectivity index (χ1) is 10.1. The van der Waals surface area contributed by atoms with Crippen LogP contribution in [0.1, 0.15) is 18.1 Å². The molecule has 0 saturated carbocycles. The quantitative estimate of drug-likeness (QED) is 0.458. The van der Waals surface area contributed by atoms with Crippen LogP contribution in [-0.2, 0) is 11.2 Å². The van der Waals surface area contributed by atoms with Crippen LogP contribution in [0.3, 0.4) is 0 Å². The highest BCUT2D eigenvalue weighted by Gasteiger charge is 2.07. The summed E-state index contributed by atoms with van der Waals surface area (Å²) in [7, 11) is 0. The highest BCUT2D eigenvalue weighted by Crippen LogP contribution is 2.17. The molecule has 1 amide bonds. The third-order valence-electron chi connectivity index (χ3n) is 3.08. The van der Waals surface area contributed by atoms with Crippen LogP contribution in [0.15, 0.2) is 53.7 Å². The molecule has 0 aliphatic rings. The van der Waals surface area contributed by atoms with E-state index in [9.17, 15) is 9.90 Å². The molecule has 0 fully saturated rings. The van der Waals surface area contributed by atoms with Gasteiger partial charge >= 0.3 is 0 Å². The summed E-state index contributed by atoms with van der Waals surface area (Å²) < 4.78 is 0. The maximum atomic E-state index is 11.9. The molecule has 0 unspecified atom stereocenters. The summed E-state index contributed by atoms with van der Waals surface area (Å²) in [5.41, 5.74) is 2.50. The highest BCUT2D eigenvalue weighted by atomic mass is 16.4. The standard InChI is InChI=1S/C16H16N2O3/c1-11(18-21)12-6-8-14(9-7-12)17-16(20)10-13-4-2-3-5-15(13)19/h2-9,19,21H,10H2,1H3,(H,17,20)/b18-11-. The predicted molar refractivity (Wildman–Crippen MR) is 80.9 cm³/mol. The summed E-state index contributed by atoms with van der Waals surface area (Å²) in [6, 6.07) is 13.7. The first kappa shape index (κ1) is 14.6. The molecule has 2 aromatic carbocycles. The Bertz CT molecular complexity index is 663. The average molecular weight is 284 g/mol. The number of amides is 1. The Morgan fingerprint density at radius 3 is 2.43 bits per heavy atom. The number of rotatable bonds is 4. The molecule has 5 heteroatoms. The van der Waals surface area contributed by atoms with E-state index in [4.69, 9.17) is 5.21 Å². The number of para-hydroxylation sites is 1. The molecule has 0 aromatic heterocycles. The van der Waals surface area contributed by atoms with Crippen LogP contribution in [0.4, 0.5) is 5.69 Å². The molecule has 0 radical (unpaired) electrons. The van der Waals surface area contributed by atoms with Crippen LogP contribution in [0.5, 0.6) is 5.75 Å². The van der Waals surface area contributed by atoms with E-state index in [1.54, 1.807) is 55.5 Å². The molecule has 2 aromatic rings. The number of carbonyl (C=O) groups excluding carboxylic acids is 1. The lowest BCUT2D eigenvalue weighted by Crippen LogP contribution is -2.14. The molecule has 21 heavy (non-hydrogen) atoms. The zero-order valence-corrected chi connectivity index (χ0v) is 11.6. The number of hydrogen-bond acceptors (Lipinski definition) is 4. The van der Waals surface area contributed by atoms with E-state index in [1.165, 1.54) is 0 Å². The number of nitrogens with one attached hydrogen (secondary N) is 1. The Morgan fingerprint density at radius 1 is 1.14 bits per heavy atom. The van der Waals surface area contributed by atoms with Gasteiger partial charge in [-0.25, -0.2) is 0 Å². The van der Waals surface area contributed by atoms with Crippen molar-refractivity contribution in [2.24, 2.45) is 5.16 Å². The normalized spacial score (nSPS) is 11.2. The van der Waals surface area contributed by atoms with Gasteiger partial charge in [-0.2, -0.15) is 0 Å². The summed E-state index contributed by atoms with van der Waals surface area (Å²) in [6.07, 6.45) is 0.103. The van der Waals surface area contributed by atoms with Crippen molar-refractivity contribution in [1.82, 2.24) is 0 Å². The molecule has 5 nitrogen and oxygen atoms in total. The van der Waals surface area contributed by atoms with Gasteiger partial charge in [0.1, 0.15) is 5.75 Å². The van der Waals surface area contributed by atoms with Crippen LogP contribution >= 0.6 is 0 Å². The summed E-state index contributed by atoms with van der Waals surface area (Å²) in [5.74, 6) is -0.102. The number of oxime groups is 1. The third kappa shape index (κ3) is 3.82. The molecular weight excluding hydrogens is 268 g/mol. The van der Waals surface area contributed by atoms with Crippen molar-refractivity contribution in [1.29, 1.82) is 0 Å². The molecule has 108 valence electrons. The lowest BCUT2D eigenvalue weighted by atomic mass is 10.1. The fraction of sp³-hybridized carbons (Fsp3) is 0.125. The number of phenols is 1. The number of carbonyl (C=O) groups is 1. The van der Waals surface area contributed by atoms with Crippen molar-refractivity contribution in [2.45, 2.75) is 13.3 Å². The SMILES string of the molecule is C/C(=N/O)c1ccc(NC(=O)Cc2ccccc2O)cc1. The maximum Gasteiger partial charge on any atom is 0.228 e. The van der Waals surface area contributed by atoms with Crippen molar-refractivity contribution in [3.05, 3.63) is 59.7 Å². The Balaban J connectivity index is 2.02. The van der Waals surface area contributed by atoms with Crippen LogP contribution in [0, 0.1) is 0 Å². The van der Waals surface area contributed by atoms with Gasteiger partial charge in [0, 0.05) is 11.3 Å². The van der Waals surface area contributed by atoms with Crippen LogP contribution in [0.25, 0.3) is 0 Å². The van der Waals surface area contributed by atoms with Gasteiger partial charge in [-0.3, -0.25) is 4.79 Å². The number of aromatic hydroxyl groups is 1. The highest BCUT2D eigenvalue weighted by molar-refractivity contribution is 5.99. The van der Waals surface area contributed by atoms with Gasteiger partial charge in [-0.05, 0) is 30.7 Å². The van der Waals surface area contributed by atoms with Crippen molar-refractivity contribution in [2.75, 3.05) is 5.32 Å². The van der Waals surface area contributed by atoms with Gasteiger partial charge in [0.25, 0.3) is 0 Å². The molecule has 0 atom stereocenters. The molecule has 0 saturated heterocycles. The van der Waals surface area contributed by atoms with E-state index in [-0.39, 0.29) is 18.1 Å². The second-order valence-electron chi connectivity index (χ2n) is 4.62. The summed E-state index contributed by atoms with van der Waals surface area (Å²) >= 11 is 0. The van der Waals surface area contributed by atoms with Gasteiger partial charge in [0.05, 0.1) is 12.1 Å². The Labute approximate surface area is 122 Å². The second kappa shape index (κ2) is 6.56. The summed E-state index contributed by atoms with van der Waals surface area (Å²) in [5, 5.41) is 24.2. The predicted octanol–water partition coefficient (Wildman–Crippen LogP) is 2.77. The fourth-order valence-electron chi connectivity index (χ4n) is 1.89. The zero-order valence-electron chi connectivity index (χ0n) is 11.6. The first-order valence-corrected chi connectivity index (χ1v) is 6.46. The van der Waals surface area contributed by atoms with E-state index >= 15 is 0 Å². The first-order valence-electron chi connectivity index (χ1n) is 6.46. The van der Waals surface area contributed by atoms with Gasteiger partial charge in [0.2, 0.25) is 5.91 Å². The Kier molecular flexibility index (Phi) is 4.56. The van der Waals surface area contributed by atoms with E-state index in [0.29, 0.717) is 17.0 Å². The number of anilines is 1. The summed E-state index contributed by atoms with van der Waals surface area (Å²) in [4.78, 5) is 11.9. The van der Waals surface area contributed by atoms with Crippen LogP contribution in [-0.4, -0.2) is 21.9 Å². The van der Waals surface area contributed by atoms with Crippen molar-refractivity contribution in [3.8, 4) is 5.75 Å². The van der Waals surface area contributed by atoms with Crippen molar-refractivity contribution in [3.63, 3.8) is 0 Å². The number of benzene rings is 2. The average Bonchev–Trinajstić information content (AvgIpc) is 2.49. The van der Waals surface area contributed by atoms with E-state index in [0.717, 1.165) is 5.56 Å². The molecular formula is C16H16N2O3. The molecule has 0 spiro atoms. The minimum Gasteiger partial charge on any atom is -0.508 e. The molecule has 0 aliphatic heterocycles. The van der Waals surface area contributed by atoms with Gasteiger partial charge in [-0.15, -0.1) is 0 Å². The van der Waals surface area contributed by atoms with Crippen LogP contribution < -0.4 is 5.32 Å². The summed E-state index contributed by atoms with van der Waals surface area (Å²) in [6.45, 7) is 1.69. The van der Waals surface area contributed by atoms with Crippen molar-refractivity contribution < 1.29 is 15.1 Å². The smallest absolute Gasteiger partial charge is 0.228 e. The second-order valence-corrected chi connectivity index (χ2v) is 4.62. The minimum atomic E-state index is -0.211. The van der Waals surface area contributed by atoms with Crippen LogP contribution in [0.2, 0.25) is 0 Å². The lowest BCUT2D eigenvalue weighted by molar-refractivity contribution is -0.115. The lowest BCUT2D eigenvalue weighted by Gasteiger charge is -2.07. The third-order valence-corrected chi connectivity index (χ3v) is 3.08. The number of nitrogens with zero attached hydrogens (tertiary/aromatic N) is 1. The molecule has 2 rings (SSSR count). The Morgan fingerprint density at radius 2 is 1.81 bits per heavy atom. The largest absolute Gasteiger partial charge is 0.508 e.